The first kappa shape index (κ1) is 7.40. The number of carbonyl (C=O) groups excluding carboxylic acids is 1. The fraction of sp³-hybridized carbons (Fsp3) is 0.444. The maximum absolute atomic E-state index is 11.2. The van der Waals surface area contributed by atoms with Gasteiger partial charge < -0.3 is 9.15 Å². The number of esters is 1. The Labute approximate surface area is 70.3 Å². The molecule has 1 aliphatic rings. The monoisotopic (exact) mass is 166 g/mol. The van der Waals surface area contributed by atoms with Gasteiger partial charge in [-0.2, -0.15) is 0 Å². The minimum atomic E-state index is -0.270. The number of carbonyl (C=O) groups is 1. The van der Waals surface area contributed by atoms with Crippen LogP contribution < -0.4 is 0 Å². The van der Waals surface area contributed by atoms with Gasteiger partial charge in [-0.3, -0.25) is 0 Å². The van der Waals surface area contributed by atoms with Gasteiger partial charge >= 0.3 is 5.97 Å². The zero-order valence-corrected chi connectivity index (χ0v) is 6.66. The van der Waals surface area contributed by atoms with Crippen molar-refractivity contribution in [3.63, 3.8) is 0 Å². The van der Waals surface area contributed by atoms with Gasteiger partial charge in [-0.15, -0.1) is 0 Å². The summed E-state index contributed by atoms with van der Waals surface area (Å²) in [5, 5.41) is 0. The number of hydrogen-bond acceptors (Lipinski definition) is 3. The lowest BCUT2D eigenvalue weighted by atomic mass is 9.96. The van der Waals surface area contributed by atoms with Crippen molar-refractivity contribution in [1.82, 2.24) is 0 Å². The summed E-state index contributed by atoms with van der Waals surface area (Å²) < 4.78 is 9.90. The first-order valence-corrected chi connectivity index (χ1v) is 4.09. The quantitative estimate of drug-likeness (QED) is 0.630. The number of rotatable bonds is 2. The molecule has 0 bridgehead atoms. The molecule has 0 N–H and O–H groups in total. The molecular weight excluding hydrogens is 156 g/mol. The Kier molecular flexibility index (Phi) is 1.86. The summed E-state index contributed by atoms with van der Waals surface area (Å²) in [6.45, 7) is 0. The van der Waals surface area contributed by atoms with E-state index in [-0.39, 0.29) is 12.1 Å². The van der Waals surface area contributed by atoms with E-state index in [0.717, 1.165) is 12.8 Å². The topological polar surface area (TPSA) is 39.4 Å². The zero-order valence-electron chi connectivity index (χ0n) is 6.66. The summed E-state index contributed by atoms with van der Waals surface area (Å²) in [7, 11) is 0. The van der Waals surface area contributed by atoms with Crippen molar-refractivity contribution in [2.45, 2.75) is 25.4 Å². The highest BCUT2D eigenvalue weighted by atomic mass is 16.5. The van der Waals surface area contributed by atoms with Crippen LogP contribution in [0.4, 0.5) is 0 Å². The molecule has 0 saturated heterocycles. The molecule has 64 valence electrons. The van der Waals surface area contributed by atoms with Crippen molar-refractivity contribution in [2.24, 2.45) is 0 Å². The van der Waals surface area contributed by atoms with Crippen LogP contribution in [0.15, 0.2) is 23.0 Å². The average molecular weight is 166 g/mol. The second-order valence-electron chi connectivity index (χ2n) is 2.97. The third-order valence-electron chi connectivity index (χ3n) is 2.08. The second-order valence-corrected chi connectivity index (χ2v) is 2.97. The van der Waals surface area contributed by atoms with Crippen LogP contribution in [0.1, 0.15) is 29.6 Å². The summed E-state index contributed by atoms with van der Waals surface area (Å²) in [5.74, 6) is -0.270. The van der Waals surface area contributed by atoms with E-state index in [1.165, 1.54) is 18.9 Å². The van der Waals surface area contributed by atoms with Crippen molar-refractivity contribution < 1.29 is 13.9 Å². The molecule has 0 spiro atoms. The molecule has 1 heterocycles. The van der Waals surface area contributed by atoms with Crippen LogP contribution in [0.5, 0.6) is 0 Å². The van der Waals surface area contributed by atoms with Crippen LogP contribution in [-0.2, 0) is 4.74 Å². The van der Waals surface area contributed by atoms with Crippen LogP contribution in [0.3, 0.4) is 0 Å². The summed E-state index contributed by atoms with van der Waals surface area (Å²) >= 11 is 0. The van der Waals surface area contributed by atoms with Gasteiger partial charge in [-0.25, -0.2) is 4.79 Å². The smallest absolute Gasteiger partial charge is 0.341 e. The highest BCUT2D eigenvalue weighted by molar-refractivity contribution is 5.88. The SMILES string of the molecule is O=C(OC1CCC1)c1ccoc1. The van der Waals surface area contributed by atoms with E-state index < -0.39 is 0 Å². The van der Waals surface area contributed by atoms with E-state index in [0.29, 0.717) is 5.56 Å². The highest BCUT2D eigenvalue weighted by Gasteiger charge is 2.22. The third-order valence-corrected chi connectivity index (χ3v) is 2.08. The fourth-order valence-corrected chi connectivity index (χ4v) is 1.09. The molecule has 0 amide bonds. The molecule has 0 aromatic carbocycles. The first-order valence-electron chi connectivity index (χ1n) is 4.09. The van der Waals surface area contributed by atoms with Gasteiger partial charge in [-0.1, -0.05) is 0 Å². The van der Waals surface area contributed by atoms with Gasteiger partial charge in [0.15, 0.2) is 0 Å². The van der Waals surface area contributed by atoms with Crippen molar-refractivity contribution in [3.8, 4) is 0 Å². The molecule has 3 heteroatoms. The van der Waals surface area contributed by atoms with E-state index in [2.05, 4.69) is 0 Å². The average Bonchev–Trinajstić information content (AvgIpc) is 2.47. The Morgan fingerprint density at radius 2 is 2.42 bits per heavy atom. The van der Waals surface area contributed by atoms with Crippen molar-refractivity contribution in [1.29, 1.82) is 0 Å². The lowest BCUT2D eigenvalue weighted by molar-refractivity contribution is 0.00894. The van der Waals surface area contributed by atoms with Crippen LogP contribution >= 0.6 is 0 Å². The molecule has 1 saturated carbocycles. The maximum Gasteiger partial charge on any atom is 0.341 e. The van der Waals surface area contributed by atoms with Crippen LogP contribution in [0.2, 0.25) is 0 Å². The molecule has 1 aromatic heterocycles. The van der Waals surface area contributed by atoms with Crippen molar-refractivity contribution in [2.75, 3.05) is 0 Å². The Balaban J connectivity index is 1.92. The maximum atomic E-state index is 11.2. The minimum absolute atomic E-state index is 0.146. The van der Waals surface area contributed by atoms with Crippen LogP contribution in [0.25, 0.3) is 0 Å². The zero-order chi connectivity index (χ0) is 8.39. The first-order chi connectivity index (χ1) is 5.86. The Morgan fingerprint density at radius 1 is 1.58 bits per heavy atom. The Hall–Kier alpha value is -1.25. The van der Waals surface area contributed by atoms with Crippen LogP contribution in [-0.4, -0.2) is 12.1 Å². The molecule has 12 heavy (non-hydrogen) atoms. The number of furan rings is 1. The molecule has 3 nitrogen and oxygen atoms in total. The Morgan fingerprint density at radius 3 is 2.92 bits per heavy atom. The molecule has 1 fully saturated rings. The second kappa shape index (κ2) is 3.01. The highest BCUT2D eigenvalue weighted by Crippen LogP contribution is 2.23. The van der Waals surface area contributed by atoms with Gasteiger partial charge in [0.2, 0.25) is 0 Å². The van der Waals surface area contributed by atoms with Gasteiger partial charge in [0.05, 0.1) is 11.8 Å². The standard InChI is InChI=1S/C9H10O3/c10-9(7-4-5-11-6-7)12-8-2-1-3-8/h4-6,8H,1-3H2. The predicted octanol–water partition coefficient (Wildman–Crippen LogP) is 1.99. The molecule has 0 atom stereocenters. The normalized spacial score (nSPS) is 17.0. The molecule has 0 unspecified atom stereocenters. The van der Waals surface area contributed by atoms with E-state index >= 15 is 0 Å². The lowest BCUT2D eigenvalue weighted by Crippen LogP contribution is -2.24. The van der Waals surface area contributed by atoms with Gasteiger partial charge in [0.25, 0.3) is 0 Å². The molecule has 0 radical (unpaired) electrons. The number of ether oxygens (including phenoxy) is 1. The van der Waals surface area contributed by atoms with Crippen LogP contribution in [0, 0.1) is 0 Å². The molecule has 1 aliphatic carbocycles. The molecule has 1 aromatic rings. The summed E-state index contributed by atoms with van der Waals surface area (Å²) in [6, 6.07) is 1.61. The van der Waals surface area contributed by atoms with E-state index in [9.17, 15) is 4.79 Å². The van der Waals surface area contributed by atoms with E-state index in [4.69, 9.17) is 9.15 Å². The largest absolute Gasteiger partial charge is 0.472 e. The van der Waals surface area contributed by atoms with Crippen molar-refractivity contribution in [3.05, 3.63) is 24.2 Å². The number of hydrogen-bond donors (Lipinski definition) is 0. The van der Waals surface area contributed by atoms with E-state index in [1.54, 1.807) is 6.07 Å². The van der Waals surface area contributed by atoms with E-state index in [1.807, 2.05) is 0 Å². The van der Waals surface area contributed by atoms with Gasteiger partial charge in [-0.05, 0) is 25.3 Å². The summed E-state index contributed by atoms with van der Waals surface area (Å²) in [5.41, 5.74) is 0.502. The van der Waals surface area contributed by atoms with Crippen molar-refractivity contribution >= 4 is 5.97 Å². The lowest BCUT2D eigenvalue weighted by Gasteiger charge is -2.24. The third kappa shape index (κ3) is 1.35. The molecule has 2 rings (SSSR count). The minimum Gasteiger partial charge on any atom is -0.472 e. The fourth-order valence-electron chi connectivity index (χ4n) is 1.09. The van der Waals surface area contributed by atoms with Gasteiger partial charge in [0.1, 0.15) is 12.4 Å². The molecule has 0 aliphatic heterocycles. The summed E-state index contributed by atoms with van der Waals surface area (Å²) in [6.07, 6.45) is 6.20. The Bertz CT molecular complexity index is 259. The predicted molar refractivity (Wildman–Crippen MR) is 41.8 cm³/mol. The molecular formula is C9H10O3. The summed E-state index contributed by atoms with van der Waals surface area (Å²) in [4.78, 5) is 11.2. The van der Waals surface area contributed by atoms with Gasteiger partial charge in [0, 0.05) is 0 Å².